The SMILES string of the molecule is Cc1cc(C(=O)Nc2ccc(CBr)cc2)sc1Br. The van der Waals surface area contributed by atoms with Crippen molar-refractivity contribution in [1.82, 2.24) is 0 Å². The van der Waals surface area contributed by atoms with Crippen LogP contribution in [0.5, 0.6) is 0 Å². The highest BCUT2D eigenvalue weighted by Gasteiger charge is 2.11. The number of hydrogen-bond acceptors (Lipinski definition) is 2. The van der Waals surface area contributed by atoms with Gasteiger partial charge in [-0.3, -0.25) is 4.79 Å². The van der Waals surface area contributed by atoms with Crippen molar-refractivity contribution in [2.75, 3.05) is 5.32 Å². The van der Waals surface area contributed by atoms with Crippen molar-refractivity contribution in [3.05, 3.63) is 50.1 Å². The number of nitrogens with one attached hydrogen (secondary N) is 1. The molecule has 2 rings (SSSR count). The summed E-state index contributed by atoms with van der Waals surface area (Å²) in [7, 11) is 0. The number of alkyl halides is 1. The standard InChI is InChI=1S/C13H11Br2NOS/c1-8-6-11(18-12(8)15)13(17)16-10-4-2-9(7-14)3-5-10/h2-6H,7H2,1H3,(H,16,17). The largest absolute Gasteiger partial charge is 0.321 e. The van der Waals surface area contributed by atoms with Crippen LogP contribution in [0.15, 0.2) is 34.1 Å². The molecule has 0 aliphatic heterocycles. The molecular formula is C13H11Br2NOS. The molecule has 1 heterocycles. The van der Waals surface area contributed by atoms with Gasteiger partial charge in [0, 0.05) is 11.0 Å². The lowest BCUT2D eigenvalue weighted by Gasteiger charge is -2.04. The maximum atomic E-state index is 12.0. The number of anilines is 1. The smallest absolute Gasteiger partial charge is 0.265 e. The monoisotopic (exact) mass is 387 g/mol. The molecule has 0 fully saturated rings. The van der Waals surface area contributed by atoms with Crippen LogP contribution in [-0.4, -0.2) is 5.91 Å². The molecule has 1 aromatic heterocycles. The minimum atomic E-state index is -0.0691. The molecule has 1 N–H and O–H groups in total. The lowest BCUT2D eigenvalue weighted by Crippen LogP contribution is -2.09. The Balaban J connectivity index is 2.10. The summed E-state index contributed by atoms with van der Waals surface area (Å²) in [6.45, 7) is 1.97. The van der Waals surface area contributed by atoms with E-state index < -0.39 is 0 Å². The molecule has 0 aliphatic carbocycles. The number of halogens is 2. The normalized spacial score (nSPS) is 10.4. The van der Waals surface area contributed by atoms with Gasteiger partial charge in [0.05, 0.1) is 8.66 Å². The quantitative estimate of drug-likeness (QED) is 0.739. The Labute approximate surface area is 127 Å². The zero-order valence-corrected chi connectivity index (χ0v) is 13.7. The number of carbonyl (C=O) groups is 1. The first-order valence-electron chi connectivity index (χ1n) is 5.32. The molecule has 0 spiro atoms. The van der Waals surface area contributed by atoms with E-state index in [0.717, 1.165) is 20.4 Å². The summed E-state index contributed by atoms with van der Waals surface area (Å²) in [6, 6.07) is 9.67. The van der Waals surface area contributed by atoms with Crippen LogP contribution in [0.2, 0.25) is 0 Å². The van der Waals surface area contributed by atoms with Gasteiger partial charge < -0.3 is 5.32 Å². The van der Waals surface area contributed by atoms with Crippen LogP contribution in [0.3, 0.4) is 0 Å². The van der Waals surface area contributed by atoms with Gasteiger partial charge in [0.2, 0.25) is 0 Å². The van der Waals surface area contributed by atoms with Crippen molar-refractivity contribution in [2.45, 2.75) is 12.3 Å². The summed E-state index contributed by atoms with van der Waals surface area (Å²) >= 11 is 8.26. The number of thiophene rings is 1. The Bertz CT molecular complexity index is 543. The zero-order valence-electron chi connectivity index (χ0n) is 9.67. The fraction of sp³-hybridized carbons (Fsp3) is 0.154. The molecule has 0 saturated carbocycles. The van der Waals surface area contributed by atoms with E-state index in [-0.39, 0.29) is 5.91 Å². The van der Waals surface area contributed by atoms with Gasteiger partial charge >= 0.3 is 0 Å². The molecule has 0 saturated heterocycles. The Morgan fingerprint density at radius 2 is 2.00 bits per heavy atom. The second-order valence-corrected chi connectivity index (χ2v) is 6.78. The highest BCUT2D eigenvalue weighted by molar-refractivity contribution is 9.11. The van der Waals surface area contributed by atoms with E-state index in [1.54, 1.807) is 0 Å². The van der Waals surface area contributed by atoms with Crippen LogP contribution in [0.1, 0.15) is 20.8 Å². The Hall–Kier alpha value is -0.650. The molecule has 18 heavy (non-hydrogen) atoms. The Morgan fingerprint density at radius 3 is 2.50 bits per heavy atom. The molecule has 0 aliphatic rings. The third kappa shape index (κ3) is 3.22. The average Bonchev–Trinajstić information content (AvgIpc) is 2.71. The van der Waals surface area contributed by atoms with Gasteiger partial charge in [0.15, 0.2) is 0 Å². The first-order chi connectivity index (χ1) is 8.60. The van der Waals surface area contributed by atoms with Crippen molar-refractivity contribution in [3.8, 4) is 0 Å². The van der Waals surface area contributed by atoms with Crippen molar-refractivity contribution < 1.29 is 4.79 Å². The van der Waals surface area contributed by atoms with Crippen LogP contribution in [0, 0.1) is 6.92 Å². The molecule has 5 heteroatoms. The molecule has 0 unspecified atom stereocenters. The van der Waals surface area contributed by atoms with Crippen LogP contribution >= 0.6 is 43.2 Å². The second kappa shape index (κ2) is 5.99. The minimum absolute atomic E-state index is 0.0691. The predicted octanol–water partition coefficient (Wildman–Crippen LogP) is 4.97. The molecule has 1 aromatic carbocycles. The van der Waals surface area contributed by atoms with Gasteiger partial charge in [0.25, 0.3) is 5.91 Å². The summed E-state index contributed by atoms with van der Waals surface area (Å²) in [6.07, 6.45) is 0. The van der Waals surface area contributed by atoms with Gasteiger partial charge in [-0.2, -0.15) is 0 Å². The van der Waals surface area contributed by atoms with Crippen molar-refractivity contribution in [2.24, 2.45) is 0 Å². The van der Waals surface area contributed by atoms with Crippen LogP contribution < -0.4 is 5.32 Å². The maximum Gasteiger partial charge on any atom is 0.265 e. The fourth-order valence-electron chi connectivity index (χ4n) is 1.44. The number of amides is 1. The molecule has 0 bridgehead atoms. The van der Waals surface area contributed by atoms with Crippen LogP contribution in [0.25, 0.3) is 0 Å². The van der Waals surface area contributed by atoms with Crippen LogP contribution in [-0.2, 0) is 5.33 Å². The predicted molar refractivity (Wildman–Crippen MR) is 83.8 cm³/mol. The van der Waals surface area contributed by atoms with Gasteiger partial charge in [0.1, 0.15) is 0 Å². The molecular weight excluding hydrogens is 378 g/mol. The minimum Gasteiger partial charge on any atom is -0.321 e. The van der Waals surface area contributed by atoms with E-state index in [4.69, 9.17) is 0 Å². The zero-order chi connectivity index (χ0) is 13.1. The van der Waals surface area contributed by atoms with Gasteiger partial charge in [-0.1, -0.05) is 28.1 Å². The van der Waals surface area contributed by atoms with E-state index in [1.165, 1.54) is 16.9 Å². The lowest BCUT2D eigenvalue weighted by molar-refractivity contribution is 0.103. The first-order valence-corrected chi connectivity index (χ1v) is 8.05. The topological polar surface area (TPSA) is 29.1 Å². The molecule has 2 aromatic rings. The summed E-state index contributed by atoms with van der Waals surface area (Å²) in [4.78, 5) is 12.7. The molecule has 0 radical (unpaired) electrons. The van der Waals surface area contributed by atoms with Crippen molar-refractivity contribution in [1.29, 1.82) is 0 Å². The van der Waals surface area contributed by atoms with Crippen molar-refractivity contribution >= 4 is 54.8 Å². The van der Waals surface area contributed by atoms with Gasteiger partial charge in [-0.25, -0.2) is 0 Å². The number of benzene rings is 1. The van der Waals surface area contributed by atoms with E-state index in [0.29, 0.717) is 4.88 Å². The third-order valence-corrected chi connectivity index (χ3v) is 5.23. The molecule has 2 nitrogen and oxygen atoms in total. The number of aryl methyl sites for hydroxylation is 1. The molecule has 1 amide bonds. The maximum absolute atomic E-state index is 12.0. The third-order valence-electron chi connectivity index (χ3n) is 2.45. The van der Waals surface area contributed by atoms with Gasteiger partial charge in [-0.15, -0.1) is 11.3 Å². The highest BCUT2D eigenvalue weighted by Crippen LogP contribution is 2.27. The molecule has 0 atom stereocenters. The van der Waals surface area contributed by atoms with Crippen molar-refractivity contribution in [3.63, 3.8) is 0 Å². The van der Waals surface area contributed by atoms with E-state index in [1.807, 2.05) is 37.3 Å². The van der Waals surface area contributed by atoms with Crippen LogP contribution in [0.4, 0.5) is 5.69 Å². The van der Waals surface area contributed by atoms with E-state index in [9.17, 15) is 4.79 Å². The van der Waals surface area contributed by atoms with E-state index >= 15 is 0 Å². The summed E-state index contributed by atoms with van der Waals surface area (Å²) in [5, 5.41) is 3.70. The lowest BCUT2D eigenvalue weighted by atomic mass is 10.2. The number of hydrogen-bond donors (Lipinski definition) is 1. The fourth-order valence-corrected chi connectivity index (χ4v) is 3.25. The average molecular weight is 389 g/mol. The highest BCUT2D eigenvalue weighted by atomic mass is 79.9. The molecule has 94 valence electrons. The number of rotatable bonds is 3. The Kier molecular flexibility index (Phi) is 4.59. The second-order valence-electron chi connectivity index (χ2n) is 3.85. The first kappa shape index (κ1) is 13.8. The Morgan fingerprint density at radius 1 is 1.33 bits per heavy atom. The van der Waals surface area contributed by atoms with Gasteiger partial charge in [-0.05, 0) is 52.2 Å². The number of carbonyl (C=O) groups excluding carboxylic acids is 1. The summed E-state index contributed by atoms with van der Waals surface area (Å²) in [5.74, 6) is -0.0691. The summed E-state index contributed by atoms with van der Waals surface area (Å²) in [5.41, 5.74) is 3.08. The summed E-state index contributed by atoms with van der Waals surface area (Å²) < 4.78 is 1.00. The van der Waals surface area contributed by atoms with E-state index in [2.05, 4.69) is 37.2 Å².